The van der Waals surface area contributed by atoms with Crippen LogP contribution < -0.4 is 10.5 Å². The van der Waals surface area contributed by atoms with Crippen molar-refractivity contribution >= 4 is 23.2 Å². The van der Waals surface area contributed by atoms with Crippen LogP contribution >= 0.6 is 23.2 Å². The van der Waals surface area contributed by atoms with Gasteiger partial charge in [-0.1, -0.05) is 36.2 Å². The minimum absolute atomic E-state index is 0.118. The van der Waals surface area contributed by atoms with Crippen molar-refractivity contribution in [2.75, 3.05) is 0 Å². The first kappa shape index (κ1) is 15.0. The number of hydrogen-bond acceptors (Lipinski definition) is 4. The van der Waals surface area contributed by atoms with E-state index in [0.29, 0.717) is 15.8 Å². The van der Waals surface area contributed by atoms with E-state index in [1.807, 2.05) is 6.92 Å². The maximum atomic E-state index is 6.03. The third-order valence-corrected chi connectivity index (χ3v) is 3.62. The summed E-state index contributed by atoms with van der Waals surface area (Å²) >= 11 is 11.9. The fourth-order valence-electron chi connectivity index (χ4n) is 1.61. The third kappa shape index (κ3) is 3.82. The van der Waals surface area contributed by atoms with Crippen LogP contribution in [0.4, 0.5) is 0 Å². The maximum absolute atomic E-state index is 6.03. The standard InChI is InChI=1S/C14H15Cl2N3O/c1-2-10(17)6-9-7-18-14(19-8-9)20-12-5-3-4-11(15)13(12)16/h3-5,7-8,10H,2,6,17H2,1H3. The van der Waals surface area contributed by atoms with Gasteiger partial charge in [-0.3, -0.25) is 0 Å². The normalized spacial score (nSPS) is 12.2. The first-order chi connectivity index (χ1) is 9.60. The van der Waals surface area contributed by atoms with E-state index in [0.717, 1.165) is 18.4 Å². The first-order valence-electron chi connectivity index (χ1n) is 6.28. The van der Waals surface area contributed by atoms with Gasteiger partial charge in [0, 0.05) is 18.4 Å². The van der Waals surface area contributed by atoms with E-state index in [1.165, 1.54) is 0 Å². The summed E-state index contributed by atoms with van der Waals surface area (Å²) in [5, 5.41) is 0.768. The molecule has 20 heavy (non-hydrogen) atoms. The van der Waals surface area contributed by atoms with Crippen molar-refractivity contribution in [3.63, 3.8) is 0 Å². The lowest BCUT2D eigenvalue weighted by atomic mass is 10.1. The number of benzene rings is 1. The Balaban J connectivity index is 2.09. The zero-order valence-electron chi connectivity index (χ0n) is 11.0. The number of ether oxygens (including phenoxy) is 1. The maximum Gasteiger partial charge on any atom is 0.321 e. The molecular weight excluding hydrogens is 297 g/mol. The molecule has 106 valence electrons. The van der Waals surface area contributed by atoms with Crippen LogP contribution in [0, 0.1) is 0 Å². The number of hydrogen-bond donors (Lipinski definition) is 1. The van der Waals surface area contributed by atoms with Crippen LogP contribution in [0.3, 0.4) is 0 Å². The van der Waals surface area contributed by atoms with E-state index in [1.54, 1.807) is 30.6 Å². The Labute approximate surface area is 127 Å². The molecule has 0 saturated carbocycles. The lowest BCUT2D eigenvalue weighted by molar-refractivity contribution is 0.441. The van der Waals surface area contributed by atoms with E-state index in [4.69, 9.17) is 33.7 Å². The van der Waals surface area contributed by atoms with E-state index >= 15 is 0 Å². The van der Waals surface area contributed by atoms with Gasteiger partial charge in [0.1, 0.15) is 5.02 Å². The van der Waals surface area contributed by atoms with Crippen molar-refractivity contribution in [2.45, 2.75) is 25.8 Å². The summed E-state index contributed by atoms with van der Waals surface area (Å²) in [6, 6.07) is 5.49. The summed E-state index contributed by atoms with van der Waals surface area (Å²) in [6.07, 6.45) is 5.07. The van der Waals surface area contributed by atoms with Gasteiger partial charge in [0.2, 0.25) is 0 Å². The topological polar surface area (TPSA) is 61.0 Å². The van der Waals surface area contributed by atoms with Crippen LogP contribution in [0.15, 0.2) is 30.6 Å². The number of halogens is 2. The molecule has 2 rings (SSSR count). The Morgan fingerprint density at radius 3 is 2.60 bits per heavy atom. The second kappa shape index (κ2) is 6.88. The second-order valence-electron chi connectivity index (χ2n) is 4.40. The lowest BCUT2D eigenvalue weighted by Gasteiger charge is -2.09. The van der Waals surface area contributed by atoms with Crippen molar-refractivity contribution in [3.8, 4) is 11.8 Å². The highest BCUT2D eigenvalue weighted by atomic mass is 35.5. The number of rotatable bonds is 5. The number of nitrogens with zero attached hydrogens (tertiary/aromatic N) is 2. The SMILES string of the molecule is CCC(N)Cc1cnc(Oc2cccc(Cl)c2Cl)nc1. The van der Waals surface area contributed by atoms with Gasteiger partial charge < -0.3 is 10.5 Å². The van der Waals surface area contributed by atoms with E-state index < -0.39 is 0 Å². The summed E-state index contributed by atoms with van der Waals surface area (Å²) in [4.78, 5) is 8.28. The molecule has 0 bridgehead atoms. The molecular formula is C14H15Cl2N3O. The highest BCUT2D eigenvalue weighted by Gasteiger charge is 2.09. The van der Waals surface area contributed by atoms with Gasteiger partial charge in [0.05, 0.1) is 5.02 Å². The van der Waals surface area contributed by atoms with Crippen molar-refractivity contribution in [3.05, 3.63) is 46.2 Å². The van der Waals surface area contributed by atoms with Crippen molar-refractivity contribution in [1.29, 1.82) is 0 Å². The summed E-state index contributed by atoms with van der Waals surface area (Å²) in [5.41, 5.74) is 6.86. The van der Waals surface area contributed by atoms with E-state index in [2.05, 4.69) is 9.97 Å². The predicted octanol–water partition coefficient (Wildman–Crippen LogP) is 3.86. The molecule has 0 spiro atoms. The molecule has 0 radical (unpaired) electrons. The largest absolute Gasteiger partial charge is 0.423 e. The highest BCUT2D eigenvalue weighted by Crippen LogP contribution is 2.33. The molecule has 0 fully saturated rings. The van der Waals surface area contributed by atoms with Crippen LogP contribution in [0.1, 0.15) is 18.9 Å². The monoisotopic (exact) mass is 311 g/mol. The Morgan fingerprint density at radius 1 is 1.25 bits per heavy atom. The first-order valence-corrected chi connectivity index (χ1v) is 7.04. The van der Waals surface area contributed by atoms with Gasteiger partial charge in [-0.05, 0) is 30.5 Å². The molecule has 2 aromatic rings. The Bertz CT molecular complexity index is 575. The van der Waals surface area contributed by atoms with Crippen LogP contribution in [0.2, 0.25) is 10.0 Å². The quantitative estimate of drug-likeness (QED) is 0.911. The average Bonchev–Trinajstić information content (AvgIpc) is 2.46. The van der Waals surface area contributed by atoms with Gasteiger partial charge in [-0.2, -0.15) is 0 Å². The van der Waals surface area contributed by atoms with E-state index in [-0.39, 0.29) is 12.1 Å². The fraction of sp³-hybridized carbons (Fsp3) is 0.286. The summed E-state index contributed by atoms with van der Waals surface area (Å²) in [6.45, 7) is 2.05. The zero-order valence-corrected chi connectivity index (χ0v) is 12.5. The fourth-order valence-corrected chi connectivity index (χ4v) is 1.94. The van der Waals surface area contributed by atoms with E-state index in [9.17, 15) is 0 Å². The van der Waals surface area contributed by atoms with Gasteiger partial charge in [0.25, 0.3) is 0 Å². The number of aromatic nitrogens is 2. The smallest absolute Gasteiger partial charge is 0.321 e. The molecule has 6 heteroatoms. The molecule has 0 aliphatic heterocycles. The molecule has 0 aliphatic rings. The van der Waals surface area contributed by atoms with Crippen molar-refractivity contribution in [2.24, 2.45) is 5.73 Å². The van der Waals surface area contributed by atoms with Crippen LogP contribution in [-0.2, 0) is 6.42 Å². The summed E-state index contributed by atoms with van der Waals surface area (Å²) in [7, 11) is 0. The Kier molecular flexibility index (Phi) is 5.17. The average molecular weight is 312 g/mol. The zero-order chi connectivity index (χ0) is 14.5. The van der Waals surface area contributed by atoms with Crippen molar-refractivity contribution < 1.29 is 4.74 Å². The molecule has 4 nitrogen and oxygen atoms in total. The Hall–Kier alpha value is -1.36. The highest BCUT2D eigenvalue weighted by molar-refractivity contribution is 6.42. The van der Waals surface area contributed by atoms with Crippen molar-refractivity contribution in [1.82, 2.24) is 9.97 Å². The molecule has 0 saturated heterocycles. The molecule has 2 N–H and O–H groups in total. The molecule has 1 atom stereocenters. The molecule has 1 aromatic carbocycles. The van der Waals surface area contributed by atoms with Gasteiger partial charge >= 0.3 is 6.01 Å². The molecule has 1 unspecified atom stereocenters. The minimum atomic E-state index is 0.118. The second-order valence-corrected chi connectivity index (χ2v) is 5.19. The molecule has 1 aromatic heterocycles. The van der Waals surface area contributed by atoms with Crippen LogP contribution in [-0.4, -0.2) is 16.0 Å². The van der Waals surface area contributed by atoms with Gasteiger partial charge in [-0.25, -0.2) is 9.97 Å². The third-order valence-electron chi connectivity index (χ3n) is 2.82. The summed E-state index contributed by atoms with van der Waals surface area (Å²) in [5.74, 6) is 0.428. The predicted molar refractivity (Wildman–Crippen MR) is 80.5 cm³/mol. The Morgan fingerprint density at radius 2 is 1.95 bits per heavy atom. The van der Waals surface area contributed by atoms with Gasteiger partial charge in [-0.15, -0.1) is 0 Å². The summed E-state index contributed by atoms with van der Waals surface area (Å²) < 4.78 is 5.51. The van der Waals surface area contributed by atoms with Crippen LogP contribution in [0.5, 0.6) is 11.8 Å². The van der Waals surface area contributed by atoms with Gasteiger partial charge in [0.15, 0.2) is 5.75 Å². The van der Waals surface area contributed by atoms with Crippen LogP contribution in [0.25, 0.3) is 0 Å². The molecule has 0 aliphatic carbocycles. The minimum Gasteiger partial charge on any atom is -0.423 e. The number of nitrogens with two attached hydrogens (primary N) is 1. The lowest BCUT2D eigenvalue weighted by Crippen LogP contribution is -2.21. The molecule has 0 amide bonds. The molecule has 1 heterocycles.